The van der Waals surface area contributed by atoms with Gasteiger partial charge in [0.15, 0.2) is 5.96 Å². The van der Waals surface area contributed by atoms with Gasteiger partial charge in [-0.15, -0.1) is 0 Å². The van der Waals surface area contributed by atoms with E-state index in [-0.39, 0.29) is 6.04 Å². The summed E-state index contributed by atoms with van der Waals surface area (Å²) >= 11 is 0. The van der Waals surface area contributed by atoms with Crippen molar-refractivity contribution in [2.24, 2.45) is 10.7 Å². The summed E-state index contributed by atoms with van der Waals surface area (Å²) < 4.78 is 0. The summed E-state index contributed by atoms with van der Waals surface area (Å²) in [6.45, 7) is 0.673. The maximum absolute atomic E-state index is 5.99. The summed E-state index contributed by atoms with van der Waals surface area (Å²) in [6.07, 6.45) is 3.64. The topological polar surface area (TPSA) is 54.5 Å². The molecule has 2 aromatic rings. The smallest absolute Gasteiger partial charge is 0.196 e. The standard InChI is InChI=1S/C14H14N4/c15-14-17-10-13(11-5-4-8-16-9-11)18(14)12-6-2-1-3-7-12/h1-9,13H,10H2,(H2,15,17). The van der Waals surface area contributed by atoms with Crippen molar-refractivity contribution in [2.45, 2.75) is 6.04 Å². The highest BCUT2D eigenvalue weighted by atomic mass is 15.3. The molecule has 0 spiro atoms. The predicted molar refractivity (Wildman–Crippen MR) is 72.4 cm³/mol. The summed E-state index contributed by atoms with van der Waals surface area (Å²) in [5.74, 6) is 0.565. The van der Waals surface area contributed by atoms with Crippen LogP contribution in [0, 0.1) is 0 Å². The first kappa shape index (κ1) is 10.8. The van der Waals surface area contributed by atoms with Crippen LogP contribution < -0.4 is 10.6 Å². The Morgan fingerprint density at radius 2 is 1.94 bits per heavy atom. The molecule has 18 heavy (non-hydrogen) atoms. The molecule has 1 aromatic heterocycles. The SMILES string of the molecule is NC1=NCC(c2cccnc2)N1c1ccccc1. The summed E-state index contributed by atoms with van der Waals surface area (Å²) in [5.41, 5.74) is 8.18. The fourth-order valence-electron chi connectivity index (χ4n) is 2.23. The van der Waals surface area contributed by atoms with Gasteiger partial charge in [0.1, 0.15) is 0 Å². The highest BCUT2D eigenvalue weighted by molar-refractivity contribution is 5.97. The van der Waals surface area contributed by atoms with Crippen LogP contribution in [-0.2, 0) is 0 Å². The maximum Gasteiger partial charge on any atom is 0.196 e. The van der Waals surface area contributed by atoms with Crippen molar-refractivity contribution >= 4 is 11.6 Å². The van der Waals surface area contributed by atoms with E-state index in [1.54, 1.807) is 6.20 Å². The Labute approximate surface area is 106 Å². The van der Waals surface area contributed by atoms with Gasteiger partial charge in [0.25, 0.3) is 0 Å². The van der Waals surface area contributed by atoms with Crippen molar-refractivity contribution < 1.29 is 0 Å². The first-order valence-electron chi connectivity index (χ1n) is 5.90. The maximum atomic E-state index is 5.99. The van der Waals surface area contributed by atoms with Crippen LogP contribution in [0.15, 0.2) is 59.9 Å². The van der Waals surface area contributed by atoms with E-state index in [0.29, 0.717) is 12.5 Å². The van der Waals surface area contributed by atoms with Gasteiger partial charge in [-0.2, -0.15) is 0 Å². The Morgan fingerprint density at radius 3 is 2.67 bits per heavy atom. The molecule has 0 aliphatic carbocycles. The van der Waals surface area contributed by atoms with Crippen LogP contribution in [0.2, 0.25) is 0 Å². The van der Waals surface area contributed by atoms with Gasteiger partial charge in [-0.05, 0) is 23.8 Å². The molecule has 4 nitrogen and oxygen atoms in total. The highest BCUT2D eigenvalue weighted by Crippen LogP contribution is 2.30. The van der Waals surface area contributed by atoms with Gasteiger partial charge in [-0.25, -0.2) is 0 Å². The van der Waals surface area contributed by atoms with Gasteiger partial charge in [-0.3, -0.25) is 9.98 Å². The van der Waals surface area contributed by atoms with Gasteiger partial charge >= 0.3 is 0 Å². The summed E-state index contributed by atoms with van der Waals surface area (Å²) in [5, 5.41) is 0. The summed E-state index contributed by atoms with van der Waals surface area (Å²) in [4.78, 5) is 10.6. The molecule has 1 atom stereocenters. The van der Waals surface area contributed by atoms with Crippen LogP contribution in [0.4, 0.5) is 5.69 Å². The fraction of sp³-hybridized carbons (Fsp3) is 0.143. The number of nitrogens with zero attached hydrogens (tertiary/aromatic N) is 3. The number of aliphatic imine (C=N–C) groups is 1. The van der Waals surface area contributed by atoms with Crippen LogP contribution in [0.5, 0.6) is 0 Å². The van der Waals surface area contributed by atoms with Gasteiger partial charge in [0.2, 0.25) is 0 Å². The third kappa shape index (κ3) is 1.82. The summed E-state index contributed by atoms with van der Waals surface area (Å²) in [7, 11) is 0. The normalized spacial score (nSPS) is 18.8. The van der Waals surface area contributed by atoms with E-state index >= 15 is 0 Å². The number of rotatable bonds is 2. The minimum atomic E-state index is 0.140. The minimum absolute atomic E-state index is 0.140. The van der Waals surface area contributed by atoms with Crippen LogP contribution in [-0.4, -0.2) is 17.5 Å². The van der Waals surface area contributed by atoms with E-state index in [9.17, 15) is 0 Å². The molecule has 2 heterocycles. The lowest BCUT2D eigenvalue weighted by Crippen LogP contribution is -2.36. The van der Waals surface area contributed by atoms with Crippen LogP contribution >= 0.6 is 0 Å². The predicted octanol–water partition coefficient (Wildman–Crippen LogP) is 1.96. The second-order valence-electron chi connectivity index (χ2n) is 4.21. The molecule has 0 fully saturated rings. The van der Waals surface area contributed by atoms with E-state index in [1.165, 1.54) is 0 Å². The van der Waals surface area contributed by atoms with Crippen molar-refractivity contribution in [1.82, 2.24) is 4.98 Å². The number of para-hydroxylation sites is 1. The Hall–Kier alpha value is -2.36. The molecule has 0 radical (unpaired) electrons. The van der Waals surface area contributed by atoms with Gasteiger partial charge < -0.3 is 10.6 Å². The number of guanidine groups is 1. The van der Waals surface area contributed by atoms with Crippen molar-refractivity contribution in [1.29, 1.82) is 0 Å². The molecule has 0 saturated heterocycles. The average Bonchev–Trinajstić information content (AvgIpc) is 2.83. The molecule has 1 aliphatic rings. The van der Waals surface area contributed by atoms with E-state index in [1.807, 2.05) is 42.6 Å². The minimum Gasteiger partial charge on any atom is -0.369 e. The van der Waals surface area contributed by atoms with Crippen LogP contribution in [0.3, 0.4) is 0 Å². The molecule has 0 bridgehead atoms. The summed E-state index contributed by atoms with van der Waals surface area (Å²) in [6, 6.07) is 14.2. The van der Waals surface area contributed by atoms with E-state index in [4.69, 9.17) is 5.73 Å². The zero-order chi connectivity index (χ0) is 12.4. The third-order valence-corrected chi connectivity index (χ3v) is 3.09. The number of benzene rings is 1. The van der Waals surface area contributed by atoms with Crippen molar-refractivity contribution in [3.05, 3.63) is 60.4 Å². The first-order valence-corrected chi connectivity index (χ1v) is 5.90. The van der Waals surface area contributed by atoms with Gasteiger partial charge in [0.05, 0.1) is 12.6 Å². The lowest BCUT2D eigenvalue weighted by atomic mass is 10.1. The van der Waals surface area contributed by atoms with Crippen molar-refractivity contribution in [2.75, 3.05) is 11.4 Å². The Bertz CT molecular complexity index is 551. The molecular weight excluding hydrogens is 224 g/mol. The second-order valence-corrected chi connectivity index (χ2v) is 4.21. The van der Waals surface area contributed by atoms with Crippen LogP contribution in [0.1, 0.15) is 11.6 Å². The largest absolute Gasteiger partial charge is 0.369 e. The van der Waals surface area contributed by atoms with Crippen LogP contribution in [0.25, 0.3) is 0 Å². The Morgan fingerprint density at radius 1 is 1.11 bits per heavy atom. The molecule has 3 rings (SSSR count). The Balaban J connectivity index is 1.98. The molecular formula is C14H14N4. The molecule has 2 N–H and O–H groups in total. The Kier molecular flexibility index (Phi) is 2.68. The molecule has 1 aromatic carbocycles. The van der Waals surface area contributed by atoms with E-state index in [2.05, 4.69) is 20.9 Å². The second kappa shape index (κ2) is 4.49. The highest BCUT2D eigenvalue weighted by Gasteiger charge is 2.28. The molecule has 4 heteroatoms. The average molecular weight is 238 g/mol. The molecule has 1 aliphatic heterocycles. The fourth-order valence-corrected chi connectivity index (χ4v) is 2.23. The number of nitrogens with two attached hydrogens (primary N) is 1. The lowest BCUT2D eigenvalue weighted by Gasteiger charge is -2.26. The number of hydrogen-bond donors (Lipinski definition) is 1. The third-order valence-electron chi connectivity index (χ3n) is 3.09. The van der Waals surface area contributed by atoms with E-state index in [0.717, 1.165) is 11.3 Å². The van der Waals surface area contributed by atoms with Gasteiger partial charge in [0, 0.05) is 18.1 Å². The molecule has 1 unspecified atom stereocenters. The zero-order valence-electron chi connectivity index (χ0n) is 9.90. The number of pyridine rings is 1. The zero-order valence-corrected chi connectivity index (χ0v) is 9.90. The van der Waals surface area contributed by atoms with E-state index < -0.39 is 0 Å². The van der Waals surface area contributed by atoms with Gasteiger partial charge in [-0.1, -0.05) is 24.3 Å². The number of hydrogen-bond acceptors (Lipinski definition) is 4. The first-order chi connectivity index (χ1) is 8.86. The quantitative estimate of drug-likeness (QED) is 0.870. The van der Waals surface area contributed by atoms with Crippen molar-refractivity contribution in [3.8, 4) is 0 Å². The number of aromatic nitrogens is 1. The molecule has 0 saturated carbocycles. The monoisotopic (exact) mass is 238 g/mol. The lowest BCUT2D eigenvalue weighted by molar-refractivity contribution is 0.764. The molecule has 90 valence electrons. The molecule has 0 amide bonds. The van der Waals surface area contributed by atoms with Crippen molar-refractivity contribution in [3.63, 3.8) is 0 Å². The number of anilines is 1.